The smallest absolute Gasteiger partial charge is 0.330 e. The number of amides is 2. The fraction of sp³-hybridized carbons (Fsp3) is 0.357. The molecule has 11 nitrogen and oxygen atoms in total. The van der Waals surface area contributed by atoms with E-state index in [2.05, 4.69) is 14.9 Å². The van der Waals surface area contributed by atoms with Crippen LogP contribution < -0.4 is 0 Å². The summed E-state index contributed by atoms with van der Waals surface area (Å²) in [6.07, 6.45) is -0.0625. The quantitative estimate of drug-likeness (QED) is 0.244. The van der Waals surface area contributed by atoms with Crippen LogP contribution in [0.3, 0.4) is 0 Å². The normalized spacial score (nSPS) is 17.1. The minimum atomic E-state index is -4.75. The van der Waals surface area contributed by atoms with Crippen LogP contribution in [-0.4, -0.2) is 41.1 Å². The molecule has 1 N–H and O–H groups in total. The lowest BCUT2D eigenvalue weighted by Crippen LogP contribution is -2.36. The summed E-state index contributed by atoms with van der Waals surface area (Å²) in [6.45, 7) is 0. The Labute approximate surface area is 147 Å². The summed E-state index contributed by atoms with van der Waals surface area (Å²) in [5, 5.41) is 1.56. The monoisotopic (exact) mass is 382 g/mol. The number of imide groups is 1. The highest BCUT2D eigenvalue weighted by atomic mass is 32.2. The molecular formula is C14H14N4O7S. The van der Waals surface area contributed by atoms with E-state index in [0.717, 1.165) is 5.56 Å². The standard InChI is InChI=1S/C14H14N4O7S/c15-17-16-10-6-4-9(5-7-10)2-1-3-13(20)25-18-12(19)8-11(14(18)21)26(22,23)24/h4-7,11H,1-3,8H2,(H,22,23,24). The predicted molar refractivity (Wildman–Crippen MR) is 86.1 cm³/mol. The van der Waals surface area contributed by atoms with Gasteiger partial charge in [0, 0.05) is 17.0 Å². The molecule has 1 aliphatic rings. The molecule has 0 aromatic heterocycles. The van der Waals surface area contributed by atoms with E-state index in [4.69, 9.17) is 10.1 Å². The molecule has 1 heterocycles. The van der Waals surface area contributed by atoms with Crippen molar-refractivity contribution in [2.75, 3.05) is 0 Å². The van der Waals surface area contributed by atoms with Crippen LogP contribution in [-0.2, 0) is 35.8 Å². The van der Waals surface area contributed by atoms with Gasteiger partial charge in [-0.05, 0) is 23.9 Å². The van der Waals surface area contributed by atoms with Gasteiger partial charge in [0.1, 0.15) is 0 Å². The van der Waals surface area contributed by atoms with Crippen molar-refractivity contribution in [3.8, 4) is 0 Å². The molecule has 1 atom stereocenters. The van der Waals surface area contributed by atoms with Gasteiger partial charge in [0.05, 0.1) is 6.42 Å². The van der Waals surface area contributed by atoms with E-state index in [1.165, 1.54) is 0 Å². The lowest BCUT2D eigenvalue weighted by atomic mass is 10.1. The summed E-state index contributed by atoms with van der Waals surface area (Å²) in [5.74, 6) is -3.19. The Kier molecular flexibility index (Phi) is 5.93. The van der Waals surface area contributed by atoms with Gasteiger partial charge in [0.2, 0.25) is 0 Å². The second kappa shape index (κ2) is 7.95. The average molecular weight is 382 g/mol. The average Bonchev–Trinajstić information content (AvgIpc) is 2.85. The highest BCUT2D eigenvalue weighted by Gasteiger charge is 2.48. The van der Waals surface area contributed by atoms with Gasteiger partial charge in [-0.2, -0.15) is 8.42 Å². The Morgan fingerprint density at radius 1 is 1.35 bits per heavy atom. The number of hydrogen-bond acceptors (Lipinski definition) is 7. The predicted octanol–water partition coefficient (Wildman–Crippen LogP) is 1.42. The van der Waals surface area contributed by atoms with Gasteiger partial charge >= 0.3 is 5.97 Å². The Balaban J connectivity index is 1.84. The third-order valence-corrected chi connectivity index (χ3v) is 4.65. The molecule has 0 bridgehead atoms. The van der Waals surface area contributed by atoms with Gasteiger partial charge in [-0.1, -0.05) is 29.4 Å². The summed E-state index contributed by atoms with van der Waals surface area (Å²) >= 11 is 0. The minimum absolute atomic E-state index is 0.0788. The van der Waals surface area contributed by atoms with E-state index in [-0.39, 0.29) is 11.5 Å². The first kappa shape index (κ1) is 19.4. The Bertz CT molecular complexity index is 875. The Hall–Kier alpha value is -2.95. The van der Waals surface area contributed by atoms with Gasteiger partial charge in [0.15, 0.2) is 5.25 Å². The zero-order valence-corrected chi connectivity index (χ0v) is 14.1. The third kappa shape index (κ3) is 4.79. The molecule has 1 aromatic carbocycles. The summed E-state index contributed by atoms with van der Waals surface area (Å²) in [6, 6.07) is 6.67. The van der Waals surface area contributed by atoms with E-state index in [1.807, 2.05) is 0 Å². The van der Waals surface area contributed by atoms with E-state index < -0.39 is 39.6 Å². The second-order valence-electron chi connectivity index (χ2n) is 5.41. The maximum atomic E-state index is 11.7. The van der Waals surface area contributed by atoms with Crippen molar-refractivity contribution in [2.24, 2.45) is 5.11 Å². The fourth-order valence-corrected chi connectivity index (χ4v) is 2.98. The number of aryl methyl sites for hydroxylation is 1. The first-order valence-corrected chi connectivity index (χ1v) is 8.90. The van der Waals surface area contributed by atoms with E-state index in [1.54, 1.807) is 24.3 Å². The Morgan fingerprint density at radius 3 is 2.54 bits per heavy atom. The lowest BCUT2D eigenvalue weighted by Gasteiger charge is -2.13. The molecule has 0 aliphatic carbocycles. The fourth-order valence-electron chi connectivity index (χ4n) is 2.28. The van der Waals surface area contributed by atoms with Crippen LogP contribution in [0.25, 0.3) is 10.4 Å². The molecule has 12 heteroatoms. The van der Waals surface area contributed by atoms with Crippen molar-refractivity contribution in [3.05, 3.63) is 40.3 Å². The Morgan fingerprint density at radius 2 is 2.00 bits per heavy atom. The van der Waals surface area contributed by atoms with E-state index >= 15 is 0 Å². The van der Waals surface area contributed by atoms with Crippen molar-refractivity contribution in [1.82, 2.24) is 5.06 Å². The molecule has 0 spiro atoms. The number of rotatable bonds is 7. The van der Waals surface area contributed by atoms with Crippen LogP contribution in [0.15, 0.2) is 29.4 Å². The number of azide groups is 1. The molecule has 1 aromatic rings. The van der Waals surface area contributed by atoms with Crippen molar-refractivity contribution in [1.29, 1.82) is 0 Å². The van der Waals surface area contributed by atoms with Crippen molar-refractivity contribution >= 4 is 33.6 Å². The van der Waals surface area contributed by atoms with E-state index in [9.17, 15) is 22.8 Å². The van der Waals surface area contributed by atoms with Crippen molar-refractivity contribution in [3.63, 3.8) is 0 Å². The third-order valence-electron chi connectivity index (χ3n) is 3.56. The van der Waals surface area contributed by atoms with Crippen LogP contribution in [0.5, 0.6) is 0 Å². The van der Waals surface area contributed by atoms with Crippen LogP contribution in [0.4, 0.5) is 5.69 Å². The molecule has 0 saturated carbocycles. The van der Waals surface area contributed by atoms with Crippen LogP contribution in [0, 0.1) is 0 Å². The topological polar surface area (TPSA) is 167 Å². The number of benzene rings is 1. The second-order valence-corrected chi connectivity index (χ2v) is 7.01. The zero-order chi connectivity index (χ0) is 19.3. The molecular weight excluding hydrogens is 368 g/mol. The SMILES string of the molecule is [N-]=[N+]=Nc1ccc(CCCC(=O)ON2C(=O)CC(S(=O)(=O)O)C2=O)cc1. The van der Waals surface area contributed by atoms with Gasteiger partial charge in [-0.15, -0.1) is 5.06 Å². The number of hydroxylamine groups is 2. The molecule has 1 saturated heterocycles. The lowest BCUT2D eigenvalue weighted by molar-refractivity contribution is -0.197. The zero-order valence-electron chi connectivity index (χ0n) is 13.3. The molecule has 1 aliphatic heterocycles. The van der Waals surface area contributed by atoms with E-state index in [0.29, 0.717) is 18.5 Å². The molecule has 138 valence electrons. The first-order valence-electron chi connectivity index (χ1n) is 7.40. The van der Waals surface area contributed by atoms with Crippen LogP contribution in [0.2, 0.25) is 0 Å². The van der Waals surface area contributed by atoms with Gasteiger partial charge < -0.3 is 4.84 Å². The molecule has 0 radical (unpaired) electrons. The van der Waals surface area contributed by atoms with Crippen LogP contribution >= 0.6 is 0 Å². The summed E-state index contributed by atoms with van der Waals surface area (Å²) in [7, 11) is -4.75. The highest BCUT2D eigenvalue weighted by molar-refractivity contribution is 7.87. The summed E-state index contributed by atoms with van der Waals surface area (Å²) < 4.78 is 30.9. The first-order chi connectivity index (χ1) is 12.2. The van der Waals surface area contributed by atoms with Crippen LogP contribution in [0.1, 0.15) is 24.8 Å². The highest BCUT2D eigenvalue weighted by Crippen LogP contribution is 2.20. The van der Waals surface area contributed by atoms with Gasteiger partial charge in [-0.25, -0.2) is 4.79 Å². The number of nitrogens with zero attached hydrogens (tertiary/aromatic N) is 4. The van der Waals surface area contributed by atoms with Crippen molar-refractivity contribution in [2.45, 2.75) is 30.9 Å². The van der Waals surface area contributed by atoms with Gasteiger partial charge in [0.25, 0.3) is 21.9 Å². The molecule has 2 amide bonds. The number of hydrogen-bond donors (Lipinski definition) is 1. The molecule has 26 heavy (non-hydrogen) atoms. The molecule has 1 unspecified atom stereocenters. The van der Waals surface area contributed by atoms with Crippen molar-refractivity contribution < 1.29 is 32.2 Å². The number of carbonyl (C=O) groups is 3. The minimum Gasteiger partial charge on any atom is -0.330 e. The van der Waals surface area contributed by atoms with Gasteiger partial charge in [-0.3, -0.25) is 14.1 Å². The summed E-state index contributed by atoms with van der Waals surface area (Å²) in [5.41, 5.74) is 9.64. The summed E-state index contributed by atoms with van der Waals surface area (Å²) in [4.78, 5) is 42.3. The largest absolute Gasteiger partial charge is 0.333 e. The molecule has 1 fully saturated rings. The molecule has 2 rings (SSSR count). The maximum absolute atomic E-state index is 11.7. The maximum Gasteiger partial charge on any atom is 0.333 e. The number of carbonyl (C=O) groups excluding carboxylic acids is 3.